The molecule has 1 aromatic carbocycles. The van der Waals surface area contributed by atoms with Crippen molar-refractivity contribution in [2.24, 2.45) is 0 Å². The minimum absolute atomic E-state index is 0.0215. The number of benzene rings is 1. The molecular formula is C41H65N3O4S. The molecule has 1 aliphatic rings. The predicted molar refractivity (Wildman–Crippen MR) is 203 cm³/mol. The summed E-state index contributed by atoms with van der Waals surface area (Å²) < 4.78 is 5.82. The van der Waals surface area contributed by atoms with Crippen molar-refractivity contribution in [3.8, 4) is 5.75 Å². The summed E-state index contributed by atoms with van der Waals surface area (Å²) in [7, 11) is 0. The van der Waals surface area contributed by atoms with E-state index in [9.17, 15) is 14.4 Å². The zero-order valence-corrected chi connectivity index (χ0v) is 31.5. The van der Waals surface area contributed by atoms with Crippen LogP contribution in [0.15, 0.2) is 35.7 Å². The Hall–Kier alpha value is -2.71. The summed E-state index contributed by atoms with van der Waals surface area (Å²) in [6.07, 6.45) is 21.8. The number of fused-ring (bicyclic) bond motifs is 1. The maximum atomic E-state index is 12.7. The first kappa shape index (κ1) is 40.7. The van der Waals surface area contributed by atoms with Crippen LogP contribution < -0.4 is 15.4 Å². The summed E-state index contributed by atoms with van der Waals surface area (Å²) in [5.41, 5.74) is 2.46. The van der Waals surface area contributed by atoms with Gasteiger partial charge in [-0.1, -0.05) is 96.3 Å². The number of thiophene rings is 1. The number of hydrogen-bond acceptors (Lipinski definition) is 6. The summed E-state index contributed by atoms with van der Waals surface area (Å²) >= 11 is 1.84. The zero-order chi connectivity index (χ0) is 34.9. The van der Waals surface area contributed by atoms with Gasteiger partial charge in [-0.15, -0.1) is 11.3 Å². The number of hydrogen-bond donors (Lipinski definition) is 2. The van der Waals surface area contributed by atoms with Gasteiger partial charge >= 0.3 is 5.97 Å². The maximum absolute atomic E-state index is 12.7. The first-order valence-corrected chi connectivity index (χ1v) is 20.5. The molecule has 0 unspecified atom stereocenters. The summed E-state index contributed by atoms with van der Waals surface area (Å²) in [4.78, 5) is 40.7. The van der Waals surface area contributed by atoms with Crippen LogP contribution in [0.3, 0.4) is 0 Å². The highest BCUT2D eigenvalue weighted by molar-refractivity contribution is 7.09. The molecule has 1 atom stereocenters. The van der Waals surface area contributed by atoms with Gasteiger partial charge in [-0.2, -0.15) is 0 Å². The molecule has 2 amide bonds. The number of rotatable bonds is 27. The van der Waals surface area contributed by atoms with Crippen molar-refractivity contribution >= 4 is 29.1 Å². The SMILES string of the molecule is CCCNC(=O)CCCCCCCCCCCCCCC(=O)NCCC(=O)Oc1cccc2c1CC[C@H](N(CCC)CCc1cccs1)C2. The van der Waals surface area contributed by atoms with Gasteiger partial charge in [-0.3, -0.25) is 19.3 Å². The minimum Gasteiger partial charge on any atom is -0.426 e. The lowest BCUT2D eigenvalue weighted by atomic mass is 9.86. The van der Waals surface area contributed by atoms with E-state index in [0.29, 0.717) is 31.2 Å². The fraction of sp³-hybridized carbons (Fsp3) is 0.683. The molecule has 0 spiro atoms. The second-order valence-electron chi connectivity index (χ2n) is 13.8. The van der Waals surface area contributed by atoms with Crippen LogP contribution in [0.5, 0.6) is 5.75 Å². The summed E-state index contributed by atoms with van der Waals surface area (Å²) in [5, 5.41) is 8.00. The van der Waals surface area contributed by atoms with Crippen molar-refractivity contribution < 1.29 is 19.1 Å². The van der Waals surface area contributed by atoms with Gasteiger partial charge in [0.05, 0.1) is 6.42 Å². The number of unbranched alkanes of at least 4 members (excludes halogenated alkanes) is 11. The van der Waals surface area contributed by atoms with E-state index in [1.165, 1.54) is 67.4 Å². The first-order valence-electron chi connectivity index (χ1n) is 19.6. The molecule has 0 radical (unpaired) electrons. The number of amides is 2. The number of ether oxygens (including phenoxy) is 1. The normalized spacial score (nSPS) is 14.1. The molecule has 0 fully saturated rings. The molecule has 1 heterocycles. The van der Waals surface area contributed by atoms with Crippen molar-refractivity contribution in [2.45, 2.75) is 155 Å². The molecule has 49 heavy (non-hydrogen) atoms. The van der Waals surface area contributed by atoms with E-state index in [1.54, 1.807) is 0 Å². The highest BCUT2D eigenvalue weighted by Gasteiger charge is 2.26. The Kier molecular flexibility index (Phi) is 21.0. The molecule has 7 nitrogen and oxygen atoms in total. The largest absolute Gasteiger partial charge is 0.426 e. The van der Waals surface area contributed by atoms with Crippen molar-refractivity contribution in [1.29, 1.82) is 0 Å². The number of carbonyl (C=O) groups is 3. The average molecular weight is 696 g/mol. The fourth-order valence-electron chi connectivity index (χ4n) is 6.89. The molecule has 1 aliphatic carbocycles. The Bertz CT molecular complexity index is 1200. The Morgan fingerprint density at radius 2 is 1.39 bits per heavy atom. The van der Waals surface area contributed by atoms with Gasteiger partial charge < -0.3 is 15.4 Å². The van der Waals surface area contributed by atoms with E-state index in [0.717, 1.165) is 83.8 Å². The number of carbonyl (C=O) groups excluding carboxylic acids is 3. The minimum atomic E-state index is -0.286. The molecule has 2 aromatic rings. The van der Waals surface area contributed by atoms with Gasteiger partial charge in [-0.05, 0) is 86.6 Å². The Morgan fingerprint density at radius 3 is 1.98 bits per heavy atom. The molecule has 1 aromatic heterocycles. The van der Waals surface area contributed by atoms with Gasteiger partial charge in [0.2, 0.25) is 11.8 Å². The van der Waals surface area contributed by atoms with Gasteiger partial charge in [0, 0.05) is 43.4 Å². The molecule has 0 saturated heterocycles. The Labute approximate surface area is 301 Å². The third-order valence-electron chi connectivity index (χ3n) is 9.67. The number of nitrogens with one attached hydrogen (secondary N) is 2. The highest BCUT2D eigenvalue weighted by atomic mass is 32.1. The second kappa shape index (κ2) is 25.3. The standard InChI is InChI=1S/C41H65N3O4S/c1-3-28-42-39(45)22-15-13-11-9-7-5-6-8-10-12-14-16-23-40(46)43-29-26-41(47)48-38-21-17-19-34-33-35(24-25-37(34)38)44(30-4-2)31-27-36-20-18-32-49-36/h17-21,32,35H,3-16,22-31,33H2,1-2H3,(H,42,45)(H,43,46)/t35-/m0/s1. The van der Waals surface area contributed by atoms with E-state index in [2.05, 4.69) is 53.0 Å². The monoisotopic (exact) mass is 695 g/mol. The second-order valence-corrected chi connectivity index (χ2v) is 14.9. The molecule has 0 saturated carbocycles. The molecule has 2 N–H and O–H groups in total. The van der Waals surface area contributed by atoms with Crippen LogP contribution in [-0.2, 0) is 33.6 Å². The molecule has 0 aliphatic heterocycles. The van der Waals surface area contributed by atoms with Crippen LogP contribution in [0, 0.1) is 0 Å². The molecule has 0 bridgehead atoms. The van der Waals surface area contributed by atoms with Gasteiger partial charge in [-0.25, -0.2) is 0 Å². The zero-order valence-electron chi connectivity index (χ0n) is 30.7. The van der Waals surface area contributed by atoms with Crippen LogP contribution in [0.2, 0.25) is 0 Å². The van der Waals surface area contributed by atoms with Crippen molar-refractivity contribution in [2.75, 3.05) is 26.2 Å². The summed E-state index contributed by atoms with van der Waals surface area (Å²) in [6, 6.07) is 11.0. The molecular weight excluding hydrogens is 631 g/mol. The van der Waals surface area contributed by atoms with Gasteiger partial charge in [0.25, 0.3) is 0 Å². The van der Waals surface area contributed by atoms with Crippen LogP contribution in [0.25, 0.3) is 0 Å². The third kappa shape index (κ3) is 17.2. The van der Waals surface area contributed by atoms with Crippen LogP contribution in [0.4, 0.5) is 0 Å². The van der Waals surface area contributed by atoms with E-state index in [-0.39, 0.29) is 24.2 Å². The molecule has 8 heteroatoms. The fourth-order valence-corrected chi connectivity index (χ4v) is 7.59. The van der Waals surface area contributed by atoms with Crippen molar-refractivity contribution in [3.63, 3.8) is 0 Å². The van der Waals surface area contributed by atoms with Crippen LogP contribution in [0.1, 0.15) is 145 Å². The van der Waals surface area contributed by atoms with E-state index >= 15 is 0 Å². The smallest absolute Gasteiger partial charge is 0.312 e. The van der Waals surface area contributed by atoms with Crippen LogP contribution >= 0.6 is 11.3 Å². The summed E-state index contributed by atoms with van der Waals surface area (Å²) in [5.74, 6) is 0.623. The van der Waals surface area contributed by atoms with Gasteiger partial charge in [0.1, 0.15) is 5.75 Å². The third-order valence-corrected chi connectivity index (χ3v) is 10.6. The highest BCUT2D eigenvalue weighted by Crippen LogP contribution is 2.32. The number of nitrogens with zero attached hydrogens (tertiary/aromatic N) is 1. The van der Waals surface area contributed by atoms with E-state index in [1.807, 2.05) is 23.5 Å². The lowest BCUT2D eigenvalue weighted by Gasteiger charge is -2.35. The Morgan fingerprint density at radius 1 is 0.755 bits per heavy atom. The average Bonchev–Trinajstić information content (AvgIpc) is 3.63. The topological polar surface area (TPSA) is 87.7 Å². The van der Waals surface area contributed by atoms with Crippen molar-refractivity contribution in [1.82, 2.24) is 15.5 Å². The molecule has 3 rings (SSSR count). The first-order chi connectivity index (χ1) is 24.0. The van der Waals surface area contributed by atoms with Crippen molar-refractivity contribution in [3.05, 3.63) is 51.7 Å². The summed E-state index contributed by atoms with van der Waals surface area (Å²) in [6.45, 7) is 7.63. The maximum Gasteiger partial charge on any atom is 0.312 e. The Balaban J connectivity index is 1.19. The quantitative estimate of drug-likeness (QED) is 0.0554. The predicted octanol–water partition coefficient (Wildman–Crippen LogP) is 8.96. The van der Waals surface area contributed by atoms with E-state index in [4.69, 9.17) is 4.74 Å². The molecule has 274 valence electrons. The van der Waals surface area contributed by atoms with Gasteiger partial charge in [0.15, 0.2) is 0 Å². The van der Waals surface area contributed by atoms with Crippen LogP contribution in [-0.4, -0.2) is 54.9 Å². The van der Waals surface area contributed by atoms with E-state index < -0.39 is 0 Å². The lowest BCUT2D eigenvalue weighted by molar-refractivity contribution is -0.134. The lowest BCUT2D eigenvalue weighted by Crippen LogP contribution is -2.41. The number of esters is 1.